The molecule has 10 heteroatoms. The predicted molar refractivity (Wildman–Crippen MR) is 141 cm³/mol. The van der Waals surface area contributed by atoms with Gasteiger partial charge in [0.15, 0.2) is 0 Å². The number of rotatable bonds is 6. The summed E-state index contributed by atoms with van der Waals surface area (Å²) >= 11 is 0. The Hall–Kier alpha value is -3.92. The smallest absolute Gasteiger partial charge is 0.348 e. The normalized spacial score (nSPS) is 26.5. The lowest BCUT2D eigenvalue weighted by atomic mass is 9.91. The maximum Gasteiger partial charge on any atom is 0.348 e. The zero-order valence-corrected chi connectivity index (χ0v) is 22.5. The lowest BCUT2D eigenvalue weighted by Gasteiger charge is -2.33. The molecule has 2 aromatic rings. The Morgan fingerprint density at radius 3 is 2.26 bits per heavy atom. The van der Waals surface area contributed by atoms with Crippen LogP contribution >= 0.6 is 0 Å². The molecule has 1 aliphatic heterocycles. The second kappa shape index (κ2) is 13.2. The summed E-state index contributed by atoms with van der Waals surface area (Å²) in [5, 5.41) is 26.6. The summed E-state index contributed by atoms with van der Waals surface area (Å²) in [5.41, 5.74) is 0.840. The SMILES string of the molecule is CC(C)C1OC(=O)[C@H](C)[C@H](O)[C@H](Cc2ccccc2)NC(=O)[C@@H](CNC(=O)c2ccccc2O)[C@@H](C)OC1=O. The minimum Gasteiger partial charge on any atom is -0.507 e. The molecule has 0 aromatic heterocycles. The lowest BCUT2D eigenvalue weighted by molar-refractivity contribution is -0.181. The van der Waals surface area contributed by atoms with Crippen LogP contribution in [-0.2, 0) is 30.3 Å². The second-order valence-corrected chi connectivity index (χ2v) is 10.2. The highest BCUT2D eigenvalue weighted by Gasteiger charge is 2.40. The Bertz CT molecular complexity index is 1170. The molecular weight excluding hydrogens is 504 g/mol. The van der Waals surface area contributed by atoms with Gasteiger partial charge in [-0.3, -0.25) is 14.4 Å². The molecule has 1 fully saturated rings. The van der Waals surface area contributed by atoms with Gasteiger partial charge in [0.05, 0.1) is 29.5 Å². The van der Waals surface area contributed by atoms with Gasteiger partial charge in [-0.05, 0) is 38.0 Å². The maximum atomic E-state index is 13.6. The Labute approximate surface area is 227 Å². The zero-order chi connectivity index (χ0) is 28.7. The molecular formula is C29H36N2O8. The number of phenols is 1. The molecule has 0 saturated carbocycles. The van der Waals surface area contributed by atoms with Crippen molar-refractivity contribution in [3.8, 4) is 5.75 Å². The number of aliphatic hydroxyl groups is 1. The molecule has 10 nitrogen and oxygen atoms in total. The highest BCUT2D eigenvalue weighted by atomic mass is 16.6. The molecule has 39 heavy (non-hydrogen) atoms. The van der Waals surface area contributed by atoms with Crippen molar-refractivity contribution in [1.82, 2.24) is 10.6 Å². The third-order valence-corrected chi connectivity index (χ3v) is 6.84. The molecule has 3 rings (SSSR count). The number of ether oxygens (including phenoxy) is 2. The molecule has 0 aliphatic carbocycles. The van der Waals surface area contributed by atoms with E-state index in [0.717, 1.165) is 5.56 Å². The number of para-hydroxylation sites is 1. The summed E-state index contributed by atoms with van der Waals surface area (Å²) in [5.74, 6) is -5.61. The first-order chi connectivity index (χ1) is 18.5. The van der Waals surface area contributed by atoms with E-state index in [1.807, 2.05) is 30.3 Å². The first kappa shape index (κ1) is 29.6. The number of aliphatic hydroxyl groups excluding tert-OH is 1. The Morgan fingerprint density at radius 2 is 1.62 bits per heavy atom. The number of aromatic hydroxyl groups is 1. The minimum absolute atomic E-state index is 0.0219. The van der Waals surface area contributed by atoms with Crippen molar-refractivity contribution in [2.24, 2.45) is 17.8 Å². The number of amides is 2. The average Bonchev–Trinajstić information content (AvgIpc) is 2.90. The van der Waals surface area contributed by atoms with Gasteiger partial charge in [-0.2, -0.15) is 0 Å². The van der Waals surface area contributed by atoms with Crippen LogP contribution < -0.4 is 10.6 Å². The minimum atomic E-state index is -1.34. The molecule has 0 spiro atoms. The van der Waals surface area contributed by atoms with Crippen LogP contribution in [-0.4, -0.2) is 64.9 Å². The van der Waals surface area contributed by atoms with Crippen LogP contribution in [0, 0.1) is 17.8 Å². The molecule has 1 saturated heterocycles. The van der Waals surface area contributed by atoms with Gasteiger partial charge < -0.3 is 30.3 Å². The molecule has 1 aliphatic rings. The van der Waals surface area contributed by atoms with E-state index in [1.54, 1.807) is 26.0 Å². The van der Waals surface area contributed by atoms with Crippen LogP contribution in [0.3, 0.4) is 0 Å². The first-order valence-electron chi connectivity index (χ1n) is 13.0. The summed E-state index contributed by atoms with van der Waals surface area (Å²) in [6.07, 6.45) is -3.41. The van der Waals surface area contributed by atoms with Gasteiger partial charge in [-0.15, -0.1) is 0 Å². The third kappa shape index (κ3) is 7.57. The highest BCUT2D eigenvalue weighted by molar-refractivity contribution is 5.97. The van der Waals surface area contributed by atoms with Gasteiger partial charge in [0, 0.05) is 12.5 Å². The van der Waals surface area contributed by atoms with Crippen LogP contribution in [0.25, 0.3) is 0 Å². The van der Waals surface area contributed by atoms with E-state index < -0.39 is 65.9 Å². The van der Waals surface area contributed by atoms with Crippen molar-refractivity contribution in [2.75, 3.05) is 6.54 Å². The Kier molecular flexibility index (Phi) is 10.1. The summed E-state index contributed by atoms with van der Waals surface area (Å²) in [7, 11) is 0. The number of carbonyl (C=O) groups excluding carboxylic acids is 4. The Morgan fingerprint density at radius 1 is 0.974 bits per heavy atom. The zero-order valence-electron chi connectivity index (χ0n) is 22.5. The fraction of sp³-hybridized carbons (Fsp3) is 0.448. The quantitative estimate of drug-likeness (QED) is 0.406. The topological polar surface area (TPSA) is 151 Å². The van der Waals surface area contributed by atoms with Gasteiger partial charge in [-0.25, -0.2) is 4.79 Å². The van der Waals surface area contributed by atoms with Crippen LogP contribution in [0.2, 0.25) is 0 Å². The summed E-state index contributed by atoms with van der Waals surface area (Å²) in [6, 6.07) is 14.2. The molecule has 0 bridgehead atoms. The maximum absolute atomic E-state index is 13.6. The van der Waals surface area contributed by atoms with Gasteiger partial charge in [-0.1, -0.05) is 56.3 Å². The first-order valence-corrected chi connectivity index (χ1v) is 13.0. The van der Waals surface area contributed by atoms with Crippen LogP contribution in [0.1, 0.15) is 43.6 Å². The molecule has 6 atom stereocenters. The van der Waals surface area contributed by atoms with E-state index in [9.17, 15) is 29.4 Å². The van der Waals surface area contributed by atoms with Crippen LogP contribution in [0.4, 0.5) is 0 Å². The number of esters is 2. The van der Waals surface area contributed by atoms with Crippen molar-refractivity contribution < 1.29 is 38.9 Å². The number of cyclic esters (lactones) is 2. The van der Waals surface area contributed by atoms with E-state index in [4.69, 9.17) is 9.47 Å². The standard InChI is InChI=1S/C29H36N2O8/c1-16(2)25-29(37)38-18(4)21(15-30-26(34)20-12-8-9-13-23(20)32)27(35)31-22(14-19-10-6-5-7-11-19)24(33)17(3)28(36)39-25/h5-13,16-18,21-22,24-25,32-33H,14-15H2,1-4H3,(H,30,34)(H,31,35)/t17-,18-,21+,22+,24+,25?/m1/s1. The number of hydrogen-bond acceptors (Lipinski definition) is 8. The average molecular weight is 541 g/mol. The number of benzene rings is 2. The van der Waals surface area contributed by atoms with Crippen molar-refractivity contribution in [3.63, 3.8) is 0 Å². The molecule has 0 radical (unpaired) electrons. The van der Waals surface area contributed by atoms with E-state index in [0.29, 0.717) is 0 Å². The largest absolute Gasteiger partial charge is 0.507 e. The fourth-order valence-electron chi connectivity index (χ4n) is 4.36. The summed E-state index contributed by atoms with van der Waals surface area (Å²) in [6.45, 7) is 6.11. The second-order valence-electron chi connectivity index (χ2n) is 10.2. The predicted octanol–water partition coefficient (Wildman–Crippen LogP) is 1.98. The van der Waals surface area contributed by atoms with Crippen molar-refractivity contribution in [3.05, 3.63) is 65.7 Å². The molecule has 210 valence electrons. The van der Waals surface area contributed by atoms with Crippen LogP contribution in [0.15, 0.2) is 54.6 Å². The highest BCUT2D eigenvalue weighted by Crippen LogP contribution is 2.22. The van der Waals surface area contributed by atoms with E-state index in [1.165, 1.54) is 26.0 Å². The number of hydrogen-bond donors (Lipinski definition) is 4. The molecule has 1 heterocycles. The van der Waals surface area contributed by atoms with Gasteiger partial charge in [0.1, 0.15) is 11.9 Å². The summed E-state index contributed by atoms with van der Waals surface area (Å²) < 4.78 is 11.0. The monoisotopic (exact) mass is 540 g/mol. The van der Waals surface area contributed by atoms with Gasteiger partial charge in [0.25, 0.3) is 5.91 Å². The van der Waals surface area contributed by atoms with Crippen molar-refractivity contribution >= 4 is 23.8 Å². The molecule has 2 amide bonds. The van der Waals surface area contributed by atoms with E-state index >= 15 is 0 Å². The van der Waals surface area contributed by atoms with Crippen LogP contribution in [0.5, 0.6) is 5.75 Å². The van der Waals surface area contributed by atoms with Gasteiger partial charge in [0.2, 0.25) is 12.0 Å². The molecule has 4 N–H and O–H groups in total. The summed E-state index contributed by atoms with van der Waals surface area (Å²) in [4.78, 5) is 52.2. The van der Waals surface area contributed by atoms with Crippen molar-refractivity contribution in [1.29, 1.82) is 0 Å². The Balaban J connectivity index is 1.93. The number of nitrogens with one attached hydrogen (secondary N) is 2. The fourth-order valence-corrected chi connectivity index (χ4v) is 4.36. The van der Waals surface area contributed by atoms with Crippen molar-refractivity contribution in [2.45, 2.75) is 58.5 Å². The van der Waals surface area contributed by atoms with Gasteiger partial charge >= 0.3 is 11.9 Å². The van der Waals surface area contributed by atoms with E-state index in [-0.39, 0.29) is 24.3 Å². The van der Waals surface area contributed by atoms with E-state index in [2.05, 4.69) is 10.6 Å². The number of phenolic OH excluding ortho intramolecular Hbond substituents is 1. The number of carbonyl (C=O) groups is 4. The lowest BCUT2D eigenvalue weighted by Crippen LogP contribution is -2.55. The molecule has 2 aromatic carbocycles. The molecule has 1 unspecified atom stereocenters. The third-order valence-electron chi connectivity index (χ3n) is 6.84.